The molecule has 2 aromatic carbocycles. The van der Waals surface area contributed by atoms with Crippen molar-refractivity contribution < 1.29 is 29.1 Å². The number of hydroxylamine groups is 1. The second kappa shape index (κ2) is 12.2. The zero-order valence-corrected chi connectivity index (χ0v) is 23.1. The van der Waals surface area contributed by atoms with Gasteiger partial charge in [-0.2, -0.15) is 0 Å². The normalized spacial score (nSPS) is 11.4. The third-order valence-electron chi connectivity index (χ3n) is 6.29. The second-order valence-electron chi connectivity index (χ2n) is 10.4. The molecule has 10 heteroatoms. The van der Waals surface area contributed by atoms with Crippen LogP contribution >= 0.6 is 0 Å². The molecule has 0 saturated heterocycles. The van der Waals surface area contributed by atoms with Crippen LogP contribution in [0.2, 0.25) is 0 Å². The molecule has 2 heterocycles. The van der Waals surface area contributed by atoms with E-state index in [1.807, 2.05) is 69.3 Å². The van der Waals surface area contributed by atoms with Gasteiger partial charge in [0.1, 0.15) is 17.0 Å². The number of pyridine rings is 1. The van der Waals surface area contributed by atoms with E-state index in [1.165, 1.54) is 4.57 Å². The number of nitrogens with zero attached hydrogens (tertiary/aromatic N) is 2. The van der Waals surface area contributed by atoms with E-state index >= 15 is 0 Å². The monoisotopic (exact) mass is 546 g/mol. The number of nitrogens with one attached hydrogen (secondary N) is 2. The lowest BCUT2D eigenvalue weighted by atomic mass is 10.1. The van der Waals surface area contributed by atoms with Gasteiger partial charge in [0.25, 0.3) is 5.91 Å². The summed E-state index contributed by atoms with van der Waals surface area (Å²) in [5.41, 5.74) is 3.39. The maximum absolute atomic E-state index is 13.5. The molecule has 4 aromatic rings. The number of amides is 2. The van der Waals surface area contributed by atoms with Crippen molar-refractivity contribution in [1.29, 1.82) is 0 Å². The number of carbonyl (C=O) groups excluding carboxylic acids is 3. The Hall–Kier alpha value is -4.44. The van der Waals surface area contributed by atoms with Gasteiger partial charge in [0.15, 0.2) is 0 Å². The number of fused-ring (bicyclic) bond motifs is 3. The first-order valence-electron chi connectivity index (χ1n) is 13.2. The Balaban J connectivity index is 1.79. The summed E-state index contributed by atoms with van der Waals surface area (Å²) >= 11 is 0. The van der Waals surface area contributed by atoms with Gasteiger partial charge in [0.05, 0.1) is 23.8 Å². The third kappa shape index (κ3) is 6.40. The van der Waals surface area contributed by atoms with E-state index in [4.69, 9.17) is 19.7 Å². The number of para-hydroxylation sites is 1. The Morgan fingerprint density at radius 2 is 1.75 bits per heavy atom. The summed E-state index contributed by atoms with van der Waals surface area (Å²) in [6.07, 6.45) is 1.63. The van der Waals surface area contributed by atoms with Gasteiger partial charge in [-0.1, -0.05) is 36.8 Å². The van der Waals surface area contributed by atoms with Crippen LogP contribution in [0.1, 0.15) is 56.9 Å². The van der Waals surface area contributed by atoms with E-state index in [-0.39, 0.29) is 18.0 Å². The van der Waals surface area contributed by atoms with Crippen molar-refractivity contribution in [2.24, 2.45) is 0 Å². The fraction of sp³-hybridized carbons (Fsp3) is 0.333. The van der Waals surface area contributed by atoms with E-state index in [0.717, 1.165) is 5.39 Å². The van der Waals surface area contributed by atoms with Crippen LogP contribution in [-0.2, 0) is 9.53 Å². The maximum atomic E-state index is 13.5. The first kappa shape index (κ1) is 28.6. The summed E-state index contributed by atoms with van der Waals surface area (Å²) < 4.78 is 12.7. The molecule has 2 aromatic heterocycles. The molecule has 0 radical (unpaired) electrons. The van der Waals surface area contributed by atoms with Crippen LogP contribution in [0.3, 0.4) is 0 Å². The summed E-state index contributed by atoms with van der Waals surface area (Å²) in [4.78, 5) is 42.7. The molecule has 0 fully saturated rings. The number of ether oxygens (including phenoxy) is 2. The first-order valence-corrected chi connectivity index (χ1v) is 13.2. The van der Waals surface area contributed by atoms with Gasteiger partial charge in [-0.3, -0.25) is 14.8 Å². The van der Waals surface area contributed by atoms with Crippen molar-refractivity contribution in [2.75, 3.05) is 13.7 Å². The summed E-state index contributed by atoms with van der Waals surface area (Å²) in [6.45, 7) is 5.82. The standard InChI is InChI=1S/C30H34N4O6/c1-30(2,3)40-29(37)34-24-14-8-7-13-21(24)22-18-23(28(36)31-16-9-5-6-15-25(35)33-38)32-26(27(22)34)19-11-10-12-20(17-19)39-4/h7-8,10-14,17-18,38H,5-6,9,15-16H2,1-4H3,(H,31,36)(H,33,35). The van der Waals surface area contributed by atoms with Gasteiger partial charge in [-0.25, -0.2) is 19.8 Å². The zero-order chi connectivity index (χ0) is 28.9. The molecule has 0 saturated carbocycles. The van der Waals surface area contributed by atoms with Crippen LogP contribution < -0.4 is 15.5 Å². The molecule has 2 amide bonds. The van der Waals surface area contributed by atoms with Crippen LogP contribution in [0.25, 0.3) is 33.1 Å². The lowest BCUT2D eigenvalue weighted by molar-refractivity contribution is -0.129. The number of unbranched alkanes of at least 4 members (excludes halogenated alkanes) is 2. The van der Waals surface area contributed by atoms with Crippen molar-refractivity contribution in [3.05, 3.63) is 60.3 Å². The summed E-state index contributed by atoms with van der Waals surface area (Å²) in [5, 5.41) is 13.0. The lowest BCUT2D eigenvalue weighted by Gasteiger charge is -2.20. The van der Waals surface area contributed by atoms with E-state index < -0.39 is 17.6 Å². The van der Waals surface area contributed by atoms with Gasteiger partial charge in [-0.05, 0) is 57.9 Å². The average molecular weight is 547 g/mol. The molecule has 40 heavy (non-hydrogen) atoms. The Morgan fingerprint density at radius 3 is 2.48 bits per heavy atom. The van der Waals surface area contributed by atoms with Crippen LogP contribution in [-0.4, -0.2) is 51.9 Å². The number of benzene rings is 2. The van der Waals surface area contributed by atoms with E-state index in [0.29, 0.717) is 59.2 Å². The molecule has 0 unspecified atom stereocenters. The average Bonchev–Trinajstić information content (AvgIpc) is 3.27. The van der Waals surface area contributed by atoms with E-state index in [1.54, 1.807) is 18.7 Å². The molecule has 0 bridgehead atoms. The second-order valence-corrected chi connectivity index (χ2v) is 10.4. The Kier molecular flexibility index (Phi) is 8.69. The number of rotatable bonds is 9. The Bertz CT molecular complexity index is 1550. The zero-order valence-electron chi connectivity index (χ0n) is 23.1. The number of aromatic nitrogens is 2. The van der Waals surface area contributed by atoms with Gasteiger partial charge in [0.2, 0.25) is 5.91 Å². The number of hydrogen-bond acceptors (Lipinski definition) is 7. The molecular weight excluding hydrogens is 512 g/mol. The molecular formula is C30H34N4O6. The summed E-state index contributed by atoms with van der Waals surface area (Å²) in [5.74, 6) is -0.178. The van der Waals surface area contributed by atoms with Gasteiger partial charge in [-0.15, -0.1) is 0 Å². The fourth-order valence-electron chi connectivity index (χ4n) is 4.51. The highest BCUT2D eigenvalue weighted by molar-refractivity contribution is 6.17. The highest BCUT2D eigenvalue weighted by Crippen LogP contribution is 2.37. The van der Waals surface area contributed by atoms with Crippen molar-refractivity contribution >= 4 is 39.7 Å². The molecule has 10 nitrogen and oxygen atoms in total. The van der Waals surface area contributed by atoms with Crippen LogP contribution in [0.5, 0.6) is 5.75 Å². The highest BCUT2D eigenvalue weighted by atomic mass is 16.6. The quantitative estimate of drug-likeness (QED) is 0.145. The van der Waals surface area contributed by atoms with Crippen molar-refractivity contribution in [3.8, 4) is 17.0 Å². The highest BCUT2D eigenvalue weighted by Gasteiger charge is 2.26. The maximum Gasteiger partial charge on any atom is 0.419 e. The topological polar surface area (TPSA) is 132 Å². The largest absolute Gasteiger partial charge is 0.497 e. The summed E-state index contributed by atoms with van der Waals surface area (Å²) in [7, 11) is 1.57. The lowest BCUT2D eigenvalue weighted by Crippen LogP contribution is -2.27. The van der Waals surface area contributed by atoms with Gasteiger partial charge >= 0.3 is 6.09 Å². The molecule has 0 aliphatic carbocycles. The predicted octanol–water partition coefficient (Wildman–Crippen LogP) is 5.44. The smallest absolute Gasteiger partial charge is 0.419 e. The number of hydrogen-bond donors (Lipinski definition) is 3. The Morgan fingerprint density at radius 1 is 0.975 bits per heavy atom. The first-order chi connectivity index (χ1) is 19.1. The predicted molar refractivity (Wildman–Crippen MR) is 152 cm³/mol. The SMILES string of the molecule is COc1cccc(-c2nc(C(=O)NCCCCCC(=O)NO)cc3c4ccccc4n(C(=O)OC(C)(C)C)c23)c1. The molecule has 4 rings (SSSR count). The third-order valence-corrected chi connectivity index (χ3v) is 6.29. The van der Waals surface area contributed by atoms with Crippen LogP contribution in [0.15, 0.2) is 54.6 Å². The van der Waals surface area contributed by atoms with Gasteiger partial charge in [0, 0.05) is 29.3 Å². The minimum absolute atomic E-state index is 0.206. The molecule has 0 atom stereocenters. The minimum atomic E-state index is -0.722. The summed E-state index contributed by atoms with van der Waals surface area (Å²) in [6, 6.07) is 16.5. The van der Waals surface area contributed by atoms with Crippen LogP contribution in [0, 0.1) is 0 Å². The van der Waals surface area contributed by atoms with Crippen LogP contribution in [0.4, 0.5) is 4.79 Å². The fourth-order valence-corrected chi connectivity index (χ4v) is 4.51. The Labute approximate surface area is 232 Å². The van der Waals surface area contributed by atoms with E-state index in [9.17, 15) is 14.4 Å². The number of methoxy groups -OCH3 is 1. The molecule has 210 valence electrons. The van der Waals surface area contributed by atoms with Crippen molar-refractivity contribution in [3.63, 3.8) is 0 Å². The molecule has 3 N–H and O–H groups in total. The molecule has 0 aliphatic rings. The molecule has 0 spiro atoms. The van der Waals surface area contributed by atoms with Gasteiger partial charge < -0.3 is 14.8 Å². The van der Waals surface area contributed by atoms with E-state index in [2.05, 4.69) is 5.32 Å². The number of carbonyl (C=O) groups is 3. The van der Waals surface area contributed by atoms with Crippen molar-refractivity contribution in [1.82, 2.24) is 20.3 Å². The van der Waals surface area contributed by atoms with Crippen molar-refractivity contribution in [2.45, 2.75) is 52.1 Å². The molecule has 0 aliphatic heterocycles. The minimum Gasteiger partial charge on any atom is -0.497 e.